The molecule has 27 heavy (non-hydrogen) atoms. The number of hydrogen-bond acceptors (Lipinski definition) is 4. The van der Waals surface area contributed by atoms with Gasteiger partial charge in [0.15, 0.2) is 0 Å². The van der Waals surface area contributed by atoms with Gasteiger partial charge in [-0.3, -0.25) is 4.90 Å². The van der Waals surface area contributed by atoms with E-state index in [-0.39, 0.29) is 6.10 Å². The third-order valence-electron chi connectivity index (χ3n) is 4.81. The highest BCUT2D eigenvalue weighted by Crippen LogP contribution is 2.27. The Hall–Kier alpha value is -1.40. The number of morpholine rings is 1. The number of nitrogens with zero attached hydrogens (tertiary/aromatic N) is 1. The van der Waals surface area contributed by atoms with Crippen LogP contribution >= 0.6 is 15.9 Å². The Morgan fingerprint density at radius 3 is 2.81 bits per heavy atom. The van der Waals surface area contributed by atoms with Crippen LogP contribution in [0.15, 0.2) is 53.0 Å². The highest BCUT2D eigenvalue weighted by atomic mass is 79.9. The molecule has 1 N–H and O–H groups in total. The number of halogens is 1. The fraction of sp³-hybridized carbons (Fsp3) is 0.455. The van der Waals surface area contributed by atoms with E-state index in [9.17, 15) is 5.11 Å². The Kier molecular flexibility index (Phi) is 7.30. The summed E-state index contributed by atoms with van der Waals surface area (Å²) in [5, 5.41) is 10.5. The number of aliphatic hydroxyl groups is 1. The Morgan fingerprint density at radius 2 is 2.04 bits per heavy atom. The van der Waals surface area contributed by atoms with Crippen LogP contribution in [0.4, 0.5) is 0 Å². The molecule has 3 rings (SSSR count). The Labute approximate surface area is 170 Å². The highest BCUT2D eigenvalue weighted by Gasteiger charge is 2.24. The summed E-state index contributed by atoms with van der Waals surface area (Å²) in [6, 6.07) is 16.3. The predicted molar refractivity (Wildman–Crippen MR) is 111 cm³/mol. The first-order chi connectivity index (χ1) is 13.0. The van der Waals surface area contributed by atoms with E-state index in [0.29, 0.717) is 25.7 Å². The normalized spacial score (nSPS) is 19.2. The van der Waals surface area contributed by atoms with E-state index in [1.807, 2.05) is 30.3 Å². The largest absolute Gasteiger partial charge is 0.491 e. The quantitative estimate of drug-likeness (QED) is 0.702. The number of rotatable bonds is 7. The zero-order chi connectivity index (χ0) is 19.2. The van der Waals surface area contributed by atoms with E-state index < -0.39 is 6.10 Å². The summed E-state index contributed by atoms with van der Waals surface area (Å²) in [5.74, 6) is 1.25. The van der Waals surface area contributed by atoms with E-state index in [0.717, 1.165) is 28.9 Å². The van der Waals surface area contributed by atoms with Gasteiger partial charge in [-0.05, 0) is 35.2 Å². The number of β-amino-alcohol motifs (C(OH)–C–C–N with tert-alkyl or cyclic N) is 1. The van der Waals surface area contributed by atoms with Crippen molar-refractivity contribution < 1.29 is 14.6 Å². The molecule has 0 saturated carbocycles. The van der Waals surface area contributed by atoms with Gasteiger partial charge in [-0.2, -0.15) is 0 Å². The van der Waals surface area contributed by atoms with E-state index >= 15 is 0 Å². The molecule has 0 bridgehead atoms. The minimum Gasteiger partial charge on any atom is -0.491 e. The highest BCUT2D eigenvalue weighted by molar-refractivity contribution is 9.10. The van der Waals surface area contributed by atoms with Crippen LogP contribution in [0, 0.1) is 0 Å². The molecule has 5 heteroatoms. The minimum absolute atomic E-state index is 0.0334. The molecule has 2 atom stereocenters. The van der Waals surface area contributed by atoms with Crippen molar-refractivity contribution in [3.05, 3.63) is 64.1 Å². The molecular weight excluding hydrogens is 406 g/mol. The summed E-state index contributed by atoms with van der Waals surface area (Å²) in [6.45, 7) is 7.43. The molecule has 2 aromatic carbocycles. The molecule has 2 aromatic rings. The van der Waals surface area contributed by atoms with E-state index in [1.54, 1.807) is 0 Å². The Balaban J connectivity index is 1.53. The zero-order valence-corrected chi connectivity index (χ0v) is 17.6. The SMILES string of the molecule is CC(C)c1ccccc1OCC(O)CN1CCOC(c2cccc(Br)c2)C1. The van der Waals surface area contributed by atoms with Gasteiger partial charge in [0.1, 0.15) is 18.5 Å². The molecule has 0 aromatic heterocycles. The second-order valence-electron chi connectivity index (χ2n) is 7.33. The van der Waals surface area contributed by atoms with Gasteiger partial charge in [0, 0.05) is 24.1 Å². The molecule has 146 valence electrons. The number of hydrogen-bond donors (Lipinski definition) is 1. The molecular formula is C22H28BrNO3. The number of ether oxygens (including phenoxy) is 2. The van der Waals surface area contributed by atoms with Gasteiger partial charge < -0.3 is 14.6 Å². The van der Waals surface area contributed by atoms with Gasteiger partial charge >= 0.3 is 0 Å². The lowest BCUT2D eigenvalue weighted by Crippen LogP contribution is -2.43. The molecule has 1 heterocycles. The second-order valence-corrected chi connectivity index (χ2v) is 8.25. The third kappa shape index (κ3) is 5.79. The number of benzene rings is 2. The first-order valence-electron chi connectivity index (χ1n) is 9.52. The molecule has 0 spiro atoms. The Morgan fingerprint density at radius 1 is 1.22 bits per heavy atom. The van der Waals surface area contributed by atoms with Gasteiger partial charge in [0.05, 0.1) is 12.7 Å². The maximum Gasteiger partial charge on any atom is 0.122 e. The third-order valence-corrected chi connectivity index (χ3v) is 5.31. The van der Waals surface area contributed by atoms with Crippen molar-refractivity contribution in [2.45, 2.75) is 32.0 Å². The van der Waals surface area contributed by atoms with Gasteiger partial charge in [-0.25, -0.2) is 0 Å². The summed E-state index contributed by atoms with van der Waals surface area (Å²) >= 11 is 3.52. The first-order valence-corrected chi connectivity index (χ1v) is 10.3. The lowest BCUT2D eigenvalue weighted by Gasteiger charge is -2.34. The number of para-hydroxylation sites is 1. The molecule has 0 radical (unpaired) electrons. The molecule has 0 amide bonds. The zero-order valence-electron chi connectivity index (χ0n) is 16.0. The van der Waals surface area contributed by atoms with Crippen molar-refractivity contribution in [2.24, 2.45) is 0 Å². The van der Waals surface area contributed by atoms with Crippen LogP contribution in [0.5, 0.6) is 5.75 Å². The van der Waals surface area contributed by atoms with E-state index in [2.05, 4.69) is 52.9 Å². The van der Waals surface area contributed by atoms with Crippen LogP contribution in [-0.2, 0) is 4.74 Å². The first kappa shape index (κ1) is 20.3. The van der Waals surface area contributed by atoms with Crippen LogP contribution < -0.4 is 4.74 Å². The second kappa shape index (κ2) is 9.69. The van der Waals surface area contributed by atoms with Crippen LogP contribution in [0.1, 0.15) is 37.0 Å². The fourth-order valence-corrected chi connectivity index (χ4v) is 3.82. The summed E-state index contributed by atoms with van der Waals surface area (Å²) in [5.41, 5.74) is 2.33. The topological polar surface area (TPSA) is 41.9 Å². The van der Waals surface area contributed by atoms with Crippen molar-refractivity contribution in [3.63, 3.8) is 0 Å². The van der Waals surface area contributed by atoms with Gasteiger partial charge in [-0.1, -0.05) is 60.1 Å². The minimum atomic E-state index is -0.536. The van der Waals surface area contributed by atoms with Crippen molar-refractivity contribution >= 4 is 15.9 Å². The molecule has 4 nitrogen and oxygen atoms in total. The smallest absolute Gasteiger partial charge is 0.122 e. The molecule has 1 aliphatic rings. The van der Waals surface area contributed by atoms with Crippen molar-refractivity contribution in [3.8, 4) is 5.75 Å². The van der Waals surface area contributed by atoms with Crippen LogP contribution in [0.25, 0.3) is 0 Å². The van der Waals surface area contributed by atoms with Crippen LogP contribution in [-0.4, -0.2) is 49.0 Å². The summed E-state index contributed by atoms with van der Waals surface area (Å²) in [7, 11) is 0. The monoisotopic (exact) mass is 433 g/mol. The summed E-state index contributed by atoms with van der Waals surface area (Å²) in [4.78, 5) is 2.25. The summed E-state index contributed by atoms with van der Waals surface area (Å²) in [6.07, 6.45) is -0.502. The molecule has 1 saturated heterocycles. The average molecular weight is 434 g/mol. The van der Waals surface area contributed by atoms with Crippen molar-refractivity contribution in [1.29, 1.82) is 0 Å². The van der Waals surface area contributed by atoms with Crippen LogP contribution in [0.2, 0.25) is 0 Å². The molecule has 1 aliphatic heterocycles. The summed E-state index contributed by atoms with van der Waals surface area (Å²) < 4.78 is 12.9. The predicted octanol–water partition coefficient (Wildman–Crippen LogP) is 4.39. The van der Waals surface area contributed by atoms with Gasteiger partial charge in [0.25, 0.3) is 0 Å². The van der Waals surface area contributed by atoms with Crippen molar-refractivity contribution in [1.82, 2.24) is 4.90 Å². The molecule has 1 fully saturated rings. The van der Waals surface area contributed by atoms with Crippen molar-refractivity contribution in [2.75, 3.05) is 32.8 Å². The lowest BCUT2D eigenvalue weighted by molar-refractivity contribution is -0.0460. The standard InChI is InChI=1S/C22H28BrNO3/c1-16(2)20-8-3-4-9-21(20)27-15-19(25)13-24-10-11-26-22(14-24)17-6-5-7-18(23)12-17/h3-9,12,16,19,22,25H,10-11,13-15H2,1-2H3. The Bertz CT molecular complexity index is 737. The van der Waals surface area contributed by atoms with E-state index in [1.165, 1.54) is 5.56 Å². The van der Waals surface area contributed by atoms with E-state index in [4.69, 9.17) is 9.47 Å². The van der Waals surface area contributed by atoms with Crippen LogP contribution in [0.3, 0.4) is 0 Å². The molecule has 2 unspecified atom stereocenters. The maximum absolute atomic E-state index is 10.5. The lowest BCUT2D eigenvalue weighted by atomic mass is 10.0. The number of aliphatic hydroxyl groups excluding tert-OH is 1. The fourth-order valence-electron chi connectivity index (χ4n) is 3.40. The maximum atomic E-state index is 10.5. The van der Waals surface area contributed by atoms with Gasteiger partial charge in [-0.15, -0.1) is 0 Å². The average Bonchev–Trinajstić information content (AvgIpc) is 2.67. The molecule has 0 aliphatic carbocycles. The van der Waals surface area contributed by atoms with Gasteiger partial charge in [0.2, 0.25) is 0 Å².